The quantitative estimate of drug-likeness (QED) is 0.273. The molecule has 6 atom stereocenters. The molecule has 0 spiro atoms. The summed E-state index contributed by atoms with van der Waals surface area (Å²) in [6.07, 6.45) is 12.4. The minimum absolute atomic E-state index is 0.0952. The molecule has 6 heteroatoms. The first kappa shape index (κ1) is 18.0. The first-order valence-electron chi connectivity index (χ1n) is 8.74. The number of benzene rings is 1. The Balaban J connectivity index is 1.33. The van der Waals surface area contributed by atoms with Crippen LogP contribution in [0, 0.1) is 23.7 Å². The molecule has 0 amide bonds. The molecule has 3 aliphatic rings. The number of hydrogen-bond acceptors (Lipinski definition) is 4. The summed E-state index contributed by atoms with van der Waals surface area (Å²) in [7, 11) is 0. The molecule has 3 nitrogen and oxygen atoms in total. The van der Waals surface area contributed by atoms with Gasteiger partial charge in [-0.2, -0.15) is 0 Å². The smallest absolute Gasteiger partial charge is 0.137 e. The van der Waals surface area contributed by atoms with Crippen molar-refractivity contribution in [1.82, 2.24) is 10.6 Å². The molecule has 1 aromatic carbocycles. The van der Waals surface area contributed by atoms with E-state index in [0.29, 0.717) is 10.5 Å². The molecule has 0 heterocycles. The fourth-order valence-corrected chi connectivity index (χ4v) is 6.47. The average molecular weight is 486 g/mol. The van der Waals surface area contributed by atoms with E-state index in [-0.39, 0.29) is 11.2 Å². The molecular formula is C19H22Br2N2OS. The van der Waals surface area contributed by atoms with E-state index >= 15 is 0 Å². The Morgan fingerprint density at radius 3 is 2.92 bits per heavy atom. The minimum Gasteiger partial charge on any atom is -0.506 e. The van der Waals surface area contributed by atoms with Crippen LogP contribution in [0.4, 0.5) is 0 Å². The van der Waals surface area contributed by atoms with E-state index in [2.05, 4.69) is 67.3 Å². The molecule has 4 rings (SSSR count). The lowest BCUT2D eigenvalue weighted by Gasteiger charge is -2.33. The molecule has 3 N–H and O–H groups in total. The van der Waals surface area contributed by atoms with Crippen LogP contribution < -0.4 is 10.6 Å². The van der Waals surface area contributed by atoms with Gasteiger partial charge >= 0.3 is 0 Å². The van der Waals surface area contributed by atoms with Gasteiger partial charge in [-0.15, -0.1) is 12.6 Å². The van der Waals surface area contributed by atoms with Gasteiger partial charge in [-0.25, -0.2) is 0 Å². The minimum atomic E-state index is -0.0952. The highest BCUT2D eigenvalue weighted by Crippen LogP contribution is 2.56. The second kappa shape index (κ2) is 7.29. The molecule has 2 saturated carbocycles. The molecule has 0 aromatic heterocycles. The van der Waals surface area contributed by atoms with Gasteiger partial charge in [0.1, 0.15) is 11.2 Å². The summed E-state index contributed by atoms with van der Waals surface area (Å²) < 4.78 is 1.58. The fraction of sp³-hybridized carbons (Fsp3) is 0.474. The van der Waals surface area contributed by atoms with Crippen molar-refractivity contribution in [3.63, 3.8) is 0 Å². The lowest BCUT2D eigenvalue weighted by Crippen LogP contribution is -2.46. The lowest BCUT2D eigenvalue weighted by molar-refractivity contribution is 0.226. The number of phenolic OH excluding ortho intramolecular Hbond substituents is 1. The number of nitrogens with one attached hydrogen (secondary N) is 2. The molecule has 134 valence electrons. The number of aromatic hydroxyl groups is 1. The van der Waals surface area contributed by atoms with Gasteiger partial charge in [0.25, 0.3) is 0 Å². The number of rotatable bonds is 5. The van der Waals surface area contributed by atoms with E-state index in [1.54, 1.807) is 0 Å². The molecule has 6 unspecified atom stereocenters. The van der Waals surface area contributed by atoms with E-state index in [1.165, 1.54) is 19.3 Å². The third-order valence-corrected chi connectivity index (χ3v) is 7.32. The highest BCUT2D eigenvalue weighted by molar-refractivity contribution is 9.11. The Kier molecular flexibility index (Phi) is 5.24. The van der Waals surface area contributed by atoms with Gasteiger partial charge in [0.2, 0.25) is 0 Å². The third kappa shape index (κ3) is 3.55. The van der Waals surface area contributed by atoms with Gasteiger partial charge in [0.15, 0.2) is 0 Å². The number of halogens is 2. The molecule has 0 radical (unpaired) electrons. The van der Waals surface area contributed by atoms with Gasteiger partial charge < -0.3 is 10.4 Å². The Hall–Kier alpha value is -0.430. The standard InChI is InChI=1S/C19H22Br2N2OS/c20-12-6-10(18(24)16(21)9-12)4-5-22-19(25)23-17-8-11-7-15(17)14-3-1-2-13(11)14/h1,3-6,9,11,13-15,17,19,22-25H,2,7-8H2/b5-4+. The summed E-state index contributed by atoms with van der Waals surface area (Å²) in [6, 6.07) is 4.25. The molecule has 2 bridgehead atoms. The van der Waals surface area contributed by atoms with Gasteiger partial charge in [-0.3, -0.25) is 5.32 Å². The van der Waals surface area contributed by atoms with Crippen molar-refractivity contribution in [3.05, 3.63) is 45.0 Å². The molecule has 3 aliphatic carbocycles. The Bertz CT molecular complexity index is 724. The number of fused-ring (bicyclic) bond motifs is 5. The van der Waals surface area contributed by atoms with Crippen LogP contribution in [0.2, 0.25) is 0 Å². The van der Waals surface area contributed by atoms with Gasteiger partial charge in [-0.1, -0.05) is 28.1 Å². The highest BCUT2D eigenvalue weighted by atomic mass is 79.9. The summed E-state index contributed by atoms with van der Waals surface area (Å²) in [5, 5.41) is 17.0. The maximum Gasteiger partial charge on any atom is 0.137 e. The summed E-state index contributed by atoms with van der Waals surface area (Å²) in [5.41, 5.74) is 0.648. The zero-order valence-corrected chi connectivity index (χ0v) is 17.8. The van der Waals surface area contributed by atoms with E-state index in [1.807, 2.05) is 24.4 Å². The molecule has 2 fully saturated rings. The SMILES string of the molecule is Oc1c(Br)cc(Br)cc1/C=C/NC(S)NC1CC2CC1C1C=CCC21. The van der Waals surface area contributed by atoms with Crippen LogP contribution in [0.5, 0.6) is 5.75 Å². The van der Waals surface area contributed by atoms with Crippen LogP contribution in [0.3, 0.4) is 0 Å². The zero-order valence-electron chi connectivity index (χ0n) is 13.7. The first-order chi connectivity index (χ1) is 12.0. The number of phenols is 1. The van der Waals surface area contributed by atoms with Crippen molar-refractivity contribution < 1.29 is 5.11 Å². The van der Waals surface area contributed by atoms with Crippen molar-refractivity contribution in [2.24, 2.45) is 23.7 Å². The van der Waals surface area contributed by atoms with Crippen molar-refractivity contribution >= 4 is 50.6 Å². The molecule has 0 aliphatic heterocycles. The van der Waals surface area contributed by atoms with Crippen LogP contribution >= 0.6 is 44.5 Å². The van der Waals surface area contributed by atoms with Crippen molar-refractivity contribution in [2.45, 2.75) is 30.8 Å². The fourth-order valence-electron chi connectivity index (χ4n) is 4.93. The first-order valence-corrected chi connectivity index (χ1v) is 10.8. The topological polar surface area (TPSA) is 44.3 Å². The van der Waals surface area contributed by atoms with Gasteiger partial charge in [0.05, 0.1) is 4.47 Å². The van der Waals surface area contributed by atoms with Crippen molar-refractivity contribution in [3.8, 4) is 5.75 Å². The zero-order chi connectivity index (χ0) is 17.6. The summed E-state index contributed by atoms with van der Waals surface area (Å²) >= 11 is 11.4. The number of thiol groups is 1. The van der Waals surface area contributed by atoms with E-state index in [4.69, 9.17) is 0 Å². The van der Waals surface area contributed by atoms with E-state index in [9.17, 15) is 5.11 Å². The Morgan fingerprint density at radius 2 is 2.08 bits per heavy atom. The highest BCUT2D eigenvalue weighted by Gasteiger charge is 2.52. The number of hydrogen-bond donors (Lipinski definition) is 4. The van der Waals surface area contributed by atoms with Gasteiger partial charge in [0, 0.05) is 16.1 Å². The molecule has 0 saturated heterocycles. The van der Waals surface area contributed by atoms with Crippen LogP contribution in [0.25, 0.3) is 6.08 Å². The van der Waals surface area contributed by atoms with Crippen LogP contribution in [0.1, 0.15) is 24.8 Å². The summed E-state index contributed by atoms with van der Waals surface area (Å²) in [6.45, 7) is 0. The second-order valence-electron chi connectivity index (χ2n) is 7.30. The second-order valence-corrected chi connectivity index (χ2v) is 9.59. The molecular weight excluding hydrogens is 464 g/mol. The van der Waals surface area contributed by atoms with E-state index < -0.39 is 0 Å². The van der Waals surface area contributed by atoms with Crippen LogP contribution in [-0.2, 0) is 0 Å². The van der Waals surface area contributed by atoms with Crippen LogP contribution in [0.15, 0.2) is 39.4 Å². The third-order valence-electron chi connectivity index (χ3n) is 5.96. The van der Waals surface area contributed by atoms with Crippen LogP contribution in [-0.4, -0.2) is 16.6 Å². The number of allylic oxidation sites excluding steroid dienone is 2. The van der Waals surface area contributed by atoms with Gasteiger partial charge in [-0.05, 0) is 83.3 Å². The predicted molar refractivity (Wildman–Crippen MR) is 112 cm³/mol. The maximum atomic E-state index is 10.1. The van der Waals surface area contributed by atoms with E-state index in [0.717, 1.165) is 33.7 Å². The average Bonchev–Trinajstić information content (AvgIpc) is 3.24. The Labute approximate surface area is 171 Å². The van der Waals surface area contributed by atoms with Crippen molar-refractivity contribution in [2.75, 3.05) is 0 Å². The monoisotopic (exact) mass is 484 g/mol. The maximum absolute atomic E-state index is 10.1. The largest absolute Gasteiger partial charge is 0.506 e. The Morgan fingerprint density at radius 1 is 1.24 bits per heavy atom. The predicted octanol–water partition coefficient (Wildman–Crippen LogP) is 4.88. The molecule has 1 aromatic rings. The normalized spacial score (nSPS) is 34.0. The molecule has 25 heavy (non-hydrogen) atoms. The summed E-state index contributed by atoms with van der Waals surface area (Å²) in [4.78, 5) is 0. The summed E-state index contributed by atoms with van der Waals surface area (Å²) in [5.74, 6) is 3.57. The van der Waals surface area contributed by atoms with Crippen molar-refractivity contribution in [1.29, 1.82) is 0 Å². The lowest BCUT2D eigenvalue weighted by atomic mass is 9.79.